The molecule has 1 aromatic rings. The molecule has 0 saturated heterocycles. The van der Waals surface area contributed by atoms with Crippen molar-refractivity contribution in [3.05, 3.63) is 30.6 Å². The largest absolute Gasteiger partial charge is 0.394 e. The van der Waals surface area contributed by atoms with Crippen LogP contribution in [0.1, 0.15) is 12.0 Å². The quantitative estimate of drug-likeness (QED) is 0.493. The summed E-state index contributed by atoms with van der Waals surface area (Å²) in [5, 5.41) is 16.1. The first kappa shape index (κ1) is 10.9. The summed E-state index contributed by atoms with van der Waals surface area (Å²) < 4.78 is 1.74. The molecule has 0 saturated carbocycles. The third-order valence-corrected chi connectivity index (χ3v) is 1.87. The highest BCUT2D eigenvalue weighted by molar-refractivity contribution is 5.03. The molecule has 0 spiro atoms. The molecule has 2 N–H and O–H groups in total. The number of aromatic nitrogens is 2. The maximum Gasteiger partial charge on any atom is 0.0640 e. The van der Waals surface area contributed by atoms with Gasteiger partial charge >= 0.3 is 0 Å². The first-order valence-electron chi connectivity index (χ1n) is 4.80. The van der Waals surface area contributed by atoms with Gasteiger partial charge in [-0.2, -0.15) is 5.10 Å². The molecule has 1 heterocycles. The Labute approximate surface area is 84.2 Å². The Morgan fingerprint density at radius 3 is 3.21 bits per heavy atom. The number of nitrogens with zero attached hydrogens (tertiary/aromatic N) is 2. The summed E-state index contributed by atoms with van der Waals surface area (Å²) in [6, 6.07) is 0. The van der Waals surface area contributed by atoms with E-state index in [2.05, 4.69) is 17.0 Å². The van der Waals surface area contributed by atoms with Gasteiger partial charge in [0.1, 0.15) is 0 Å². The van der Waals surface area contributed by atoms with Crippen LogP contribution >= 0.6 is 0 Å². The fourth-order valence-corrected chi connectivity index (χ4v) is 1.16. The molecule has 4 nitrogen and oxygen atoms in total. The lowest BCUT2D eigenvalue weighted by atomic mass is 10.3. The van der Waals surface area contributed by atoms with Crippen molar-refractivity contribution >= 4 is 0 Å². The van der Waals surface area contributed by atoms with Gasteiger partial charge in [-0.05, 0) is 13.0 Å². The van der Waals surface area contributed by atoms with Gasteiger partial charge in [0.2, 0.25) is 0 Å². The summed E-state index contributed by atoms with van der Waals surface area (Å²) in [7, 11) is 0. The van der Waals surface area contributed by atoms with Gasteiger partial charge in [-0.3, -0.25) is 4.68 Å². The first-order valence-corrected chi connectivity index (χ1v) is 4.80. The lowest BCUT2D eigenvalue weighted by Gasteiger charge is -1.99. The van der Waals surface area contributed by atoms with Gasteiger partial charge in [0.05, 0.1) is 19.3 Å². The van der Waals surface area contributed by atoms with E-state index in [4.69, 9.17) is 5.11 Å². The minimum Gasteiger partial charge on any atom is -0.394 e. The van der Waals surface area contributed by atoms with Gasteiger partial charge in [0, 0.05) is 18.3 Å². The summed E-state index contributed by atoms with van der Waals surface area (Å²) in [5.74, 6) is 0. The van der Waals surface area contributed by atoms with E-state index in [9.17, 15) is 0 Å². The fraction of sp³-hybridized carbons (Fsp3) is 0.500. The summed E-state index contributed by atoms with van der Waals surface area (Å²) in [6.07, 6.45) is 6.63. The van der Waals surface area contributed by atoms with Crippen LogP contribution in [0.25, 0.3) is 0 Å². The second kappa shape index (κ2) is 6.34. The molecule has 0 aliphatic heterocycles. The van der Waals surface area contributed by atoms with Crippen LogP contribution in [0.4, 0.5) is 0 Å². The normalized spacial score (nSPS) is 10.4. The van der Waals surface area contributed by atoms with Gasteiger partial charge in [-0.15, -0.1) is 6.58 Å². The molecule has 0 aliphatic rings. The van der Waals surface area contributed by atoms with Crippen molar-refractivity contribution < 1.29 is 5.11 Å². The lowest BCUT2D eigenvalue weighted by molar-refractivity contribution is 0.269. The maximum absolute atomic E-state index is 8.69. The summed E-state index contributed by atoms with van der Waals surface area (Å²) in [5.41, 5.74) is 1.14. The number of hydrogen-bond acceptors (Lipinski definition) is 3. The smallest absolute Gasteiger partial charge is 0.0640 e. The molecular formula is C10H17N3O. The van der Waals surface area contributed by atoms with Crippen LogP contribution in [0.3, 0.4) is 0 Å². The topological polar surface area (TPSA) is 50.1 Å². The third-order valence-electron chi connectivity index (χ3n) is 1.87. The molecule has 1 rings (SSSR count). The van der Waals surface area contributed by atoms with E-state index in [0.717, 1.165) is 25.1 Å². The second-order valence-electron chi connectivity index (χ2n) is 3.09. The van der Waals surface area contributed by atoms with E-state index >= 15 is 0 Å². The lowest BCUT2D eigenvalue weighted by Crippen LogP contribution is -2.13. The van der Waals surface area contributed by atoms with Gasteiger partial charge in [0.25, 0.3) is 0 Å². The Bertz CT molecular complexity index is 270. The minimum atomic E-state index is 0.130. The predicted octanol–water partition coefficient (Wildman–Crippen LogP) is 0.541. The summed E-state index contributed by atoms with van der Waals surface area (Å²) in [4.78, 5) is 0. The molecule has 0 aliphatic carbocycles. The van der Waals surface area contributed by atoms with Crippen LogP contribution < -0.4 is 5.32 Å². The molecule has 0 aromatic carbocycles. The molecule has 78 valence electrons. The van der Waals surface area contributed by atoms with Gasteiger partial charge in [-0.1, -0.05) is 6.08 Å². The van der Waals surface area contributed by atoms with Gasteiger partial charge < -0.3 is 10.4 Å². The minimum absolute atomic E-state index is 0.130. The molecular weight excluding hydrogens is 178 g/mol. The van der Waals surface area contributed by atoms with Crippen LogP contribution in [-0.4, -0.2) is 28.0 Å². The van der Waals surface area contributed by atoms with E-state index in [0.29, 0.717) is 6.54 Å². The summed E-state index contributed by atoms with van der Waals surface area (Å²) >= 11 is 0. The van der Waals surface area contributed by atoms with Crippen molar-refractivity contribution in [2.75, 3.05) is 13.2 Å². The second-order valence-corrected chi connectivity index (χ2v) is 3.09. The molecule has 0 unspecified atom stereocenters. The number of aliphatic hydroxyl groups excluding tert-OH is 1. The van der Waals surface area contributed by atoms with Crippen LogP contribution in [0, 0.1) is 0 Å². The molecule has 14 heavy (non-hydrogen) atoms. The van der Waals surface area contributed by atoms with E-state index in [1.807, 2.05) is 18.5 Å². The molecule has 0 atom stereocenters. The molecule has 0 amide bonds. The summed E-state index contributed by atoms with van der Waals surface area (Å²) in [6.45, 7) is 6.10. The van der Waals surface area contributed by atoms with E-state index < -0.39 is 0 Å². The standard InChI is InChI=1S/C10H17N3O/c1-2-3-4-11-7-10-8-12-13(9-10)5-6-14/h2,8-9,11,14H,1,3-7H2. The third kappa shape index (κ3) is 3.72. The number of aliphatic hydroxyl groups is 1. The van der Waals surface area contributed by atoms with Crippen LogP contribution in [0.5, 0.6) is 0 Å². The molecule has 1 aromatic heterocycles. The van der Waals surface area contributed by atoms with Crippen molar-refractivity contribution in [2.45, 2.75) is 19.5 Å². The van der Waals surface area contributed by atoms with Crippen molar-refractivity contribution in [3.8, 4) is 0 Å². The Balaban J connectivity index is 2.25. The molecule has 0 fully saturated rings. The average Bonchev–Trinajstić information content (AvgIpc) is 2.61. The van der Waals surface area contributed by atoms with Crippen LogP contribution in [0.15, 0.2) is 25.0 Å². The Morgan fingerprint density at radius 1 is 1.64 bits per heavy atom. The van der Waals surface area contributed by atoms with Gasteiger partial charge in [-0.25, -0.2) is 0 Å². The Kier molecular flexibility index (Phi) is 4.96. The van der Waals surface area contributed by atoms with Gasteiger partial charge in [0.15, 0.2) is 0 Å². The highest BCUT2D eigenvalue weighted by Crippen LogP contribution is 1.96. The predicted molar refractivity (Wildman–Crippen MR) is 55.8 cm³/mol. The van der Waals surface area contributed by atoms with Crippen LogP contribution in [-0.2, 0) is 13.1 Å². The van der Waals surface area contributed by atoms with E-state index in [1.165, 1.54) is 0 Å². The maximum atomic E-state index is 8.69. The number of rotatable bonds is 7. The van der Waals surface area contributed by atoms with Crippen LogP contribution in [0.2, 0.25) is 0 Å². The molecule has 4 heteroatoms. The van der Waals surface area contributed by atoms with Crippen molar-refractivity contribution in [1.82, 2.24) is 15.1 Å². The molecule has 0 radical (unpaired) electrons. The zero-order valence-electron chi connectivity index (χ0n) is 8.32. The fourth-order valence-electron chi connectivity index (χ4n) is 1.16. The highest BCUT2D eigenvalue weighted by atomic mass is 16.3. The SMILES string of the molecule is C=CCCNCc1cnn(CCO)c1. The Hall–Kier alpha value is -1.13. The number of hydrogen-bond donors (Lipinski definition) is 2. The zero-order chi connectivity index (χ0) is 10.2. The Morgan fingerprint density at radius 2 is 2.50 bits per heavy atom. The van der Waals surface area contributed by atoms with E-state index in [1.54, 1.807) is 4.68 Å². The first-order chi connectivity index (χ1) is 6.86. The molecule has 0 bridgehead atoms. The monoisotopic (exact) mass is 195 g/mol. The van der Waals surface area contributed by atoms with Crippen molar-refractivity contribution in [1.29, 1.82) is 0 Å². The highest BCUT2D eigenvalue weighted by Gasteiger charge is 1.96. The zero-order valence-corrected chi connectivity index (χ0v) is 8.32. The van der Waals surface area contributed by atoms with Crippen molar-refractivity contribution in [3.63, 3.8) is 0 Å². The van der Waals surface area contributed by atoms with Crippen molar-refractivity contribution in [2.24, 2.45) is 0 Å². The van der Waals surface area contributed by atoms with E-state index in [-0.39, 0.29) is 6.61 Å². The average molecular weight is 195 g/mol. The number of nitrogens with one attached hydrogen (secondary N) is 1.